The smallest absolute Gasteiger partial charge is 0.326 e. The van der Waals surface area contributed by atoms with Gasteiger partial charge in [0.1, 0.15) is 6.04 Å². The molecule has 102 valence electrons. The fraction of sp³-hybridized carbons (Fsp3) is 0.385. The summed E-state index contributed by atoms with van der Waals surface area (Å²) in [5.41, 5.74) is 1.13. The van der Waals surface area contributed by atoms with Crippen LogP contribution < -0.4 is 0 Å². The Morgan fingerprint density at radius 2 is 2.11 bits per heavy atom. The van der Waals surface area contributed by atoms with E-state index in [0.29, 0.717) is 10.6 Å². The number of carboxylic acids is 1. The van der Waals surface area contributed by atoms with Crippen LogP contribution in [0.5, 0.6) is 0 Å². The topological polar surface area (TPSA) is 77.8 Å². The van der Waals surface area contributed by atoms with Gasteiger partial charge in [0.15, 0.2) is 0 Å². The van der Waals surface area contributed by atoms with Crippen molar-refractivity contribution < 1.29 is 19.8 Å². The van der Waals surface area contributed by atoms with E-state index in [1.807, 2.05) is 0 Å². The minimum atomic E-state index is -1.10. The van der Waals surface area contributed by atoms with Crippen LogP contribution >= 0.6 is 11.6 Å². The number of aliphatic hydroxyl groups is 1. The Hall–Kier alpha value is -1.59. The summed E-state index contributed by atoms with van der Waals surface area (Å²) >= 11 is 5.89. The average molecular weight is 284 g/mol. The fourth-order valence-electron chi connectivity index (χ4n) is 2.22. The predicted octanol–water partition coefficient (Wildman–Crippen LogP) is 1.31. The van der Waals surface area contributed by atoms with Gasteiger partial charge in [-0.05, 0) is 30.7 Å². The van der Waals surface area contributed by atoms with Gasteiger partial charge in [0, 0.05) is 23.6 Å². The molecule has 1 saturated heterocycles. The van der Waals surface area contributed by atoms with Crippen LogP contribution in [0.4, 0.5) is 0 Å². The van der Waals surface area contributed by atoms with Crippen molar-refractivity contribution in [1.29, 1.82) is 0 Å². The lowest BCUT2D eigenvalue weighted by atomic mass is 10.1. The van der Waals surface area contributed by atoms with Gasteiger partial charge in [-0.2, -0.15) is 0 Å². The van der Waals surface area contributed by atoms with Crippen LogP contribution in [-0.4, -0.2) is 45.7 Å². The first-order valence-corrected chi connectivity index (χ1v) is 6.26. The molecule has 19 heavy (non-hydrogen) atoms. The summed E-state index contributed by atoms with van der Waals surface area (Å²) in [5.74, 6) is -1.50. The highest BCUT2D eigenvalue weighted by Gasteiger charge is 2.39. The second kappa shape index (κ2) is 5.19. The van der Waals surface area contributed by atoms with E-state index in [2.05, 4.69) is 0 Å². The van der Waals surface area contributed by atoms with Crippen LogP contribution in [0, 0.1) is 6.92 Å². The molecule has 1 aromatic rings. The van der Waals surface area contributed by atoms with Crippen molar-refractivity contribution in [2.75, 3.05) is 6.54 Å². The molecule has 2 rings (SSSR count). The molecule has 2 unspecified atom stereocenters. The monoisotopic (exact) mass is 283 g/mol. The van der Waals surface area contributed by atoms with Crippen LogP contribution in [0.15, 0.2) is 18.2 Å². The summed E-state index contributed by atoms with van der Waals surface area (Å²) in [4.78, 5) is 24.6. The Bertz CT molecular complexity index is 531. The Labute approximate surface area is 115 Å². The Kier molecular flexibility index (Phi) is 3.78. The first kappa shape index (κ1) is 13.8. The van der Waals surface area contributed by atoms with E-state index in [9.17, 15) is 14.7 Å². The van der Waals surface area contributed by atoms with E-state index >= 15 is 0 Å². The van der Waals surface area contributed by atoms with Crippen molar-refractivity contribution in [3.8, 4) is 0 Å². The van der Waals surface area contributed by atoms with Gasteiger partial charge in [0.25, 0.3) is 5.91 Å². The van der Waals surface area contributed by atoms with E-state index < -0.39 is 24.0 Å². The van der Waals surface area contributed by atoms with Crippen molar-refractivity contribution >= 4 is 23.5 Å². The quantitative estimate of drug-likeness (QED) is 0.858. The van der Waals surface area contributed by atoms with Gasteiger partial charge in [0.2, 0.25) is 0 Å². The Morgan fingerprint density at radius 1 is 1.42 bits per heavy atom. The van der Waals surface area contributed by atoms with Crippen molar-refractivity contribution in [3.63, 3.8) is 0 Å². The number of carboxylic acid groups (broad SMARTS) is 1. The number of likely N-dealkylation sites (tertiary alicyclic amines) is 1. The van der Waals surface area contributed by atoms with E-state index in [1.54, 1.807) is 25.1 Å². The van der Waals surface area contributed by atoms with E-state index in [0.717, 1.165) is 5.56 Å². The van der Waals surface area contributed by atoms with Crippen molar-refractivity contribution in [2.45, 2.75) is 25.5 Å². The molecule has 2 N–H and O–H groups in total. The van der Waals surface area contributed by atoms with Gasteiger partial charge < -0.3 is 15.1 Å². The number of carbonyl (C=O) groups excluding carboxylic acids is 1. The molecule has 0 aliphatic carbocycles. The van der Waals surface area contributed by atoms with Crippen molar-refractivity contribution in [3.05, 3.63) is 34.3 Å². The zero-order chi connectivity index (χ0) is 14.2. The molecule has 1 fully saturated rings. The molecule has 6 heteroatoms. The molecule has 1 aliphatic rings. The number of hydrogen-bond donors (Lipinski definition) is 2. The van der Waals surface area contributed by atoms with Gasteiger partial charge in [-0.3, -0.25) is 4.79 Å². The van der Waals surface area contributed by atoms with Gasteiger partial charge in [0.05, 0.1) is 6.10 Å². The molecule has 1 heterocycles. The maximum Gasteiger partial charge on any atom is 0.326 e. The lowest BCUT2D eigenvalue weighted by Gasteiger charge is -2.21. The number of β-amino-alcohol motifs (C(OH)–C–C–N with tert-alkyl or cyclic N) is 1. The molecule has 2 atom stereocenters. The highest BCUT2D eigenvalue weighted by molar-refractivity contribution is 6.31. The molecule has 0 radical (unpaired) electrons. The molecular formula is C13H14ClNO4. The van der Waals surface area contributed by atoms with Gasteiger partial charge in [-0.25, -0.2) is 4.79 Å². The molecule has 5 nitrogen and oxygen atoms in total. The molecule has 1 aliphatic heterocycles. The lowest BCUT2D eigenvalue weighted by molar-refractivity contribution is -0.141. The van der Waals surface area contributed by atoms with Crippen LogP contribution in [-0.2, 0) is 4.79 Å². The number of carbonyl (C=O) groups is 2. The molecular weight excluding hydrogens is 270 g/mol. The van der Waals surface area contributed by atoms with Gasteiger partial charge in [-0.15, -0.1) is 0 Å². The highest BCUT2D eigenvalue weighted by Crippen LogP contribution is 2.23. The fourth-order valence-corrected chi connectivity index (χ4v) is 2.33. The summed E-state index contributed by atoms with van der Waals surface area (Å²) in [6, 6.07) is 3.81. The Balaban J connectivity index is 2.27. The van der Waals surface area contributed by atoms with Gasteiger partial charge in [-0.1, -0.05) is 11.6 Å². The summed E-state index contributed by atoms with van der Waals surface area (Å²) in [6.45, 7) is 1.81. The first-order valence-electron chi connectivity index (χ1n) is 5.88. The average Bonchev–Trinajstić information content (AvgIpc) is 2.74. The number of nitrogens with zero attached hydrogens (tertiary/aromatic N) is 1. The van der Waals surface area contributed by atoms with Gasteiger partial charge >= 0.3 is 5.97 Å². The van der Waals surface area contributed by atoms with E-state index in [4.69, 9.17) is 16.7 Å². The predicted molar refractivity (Wildman–Crippen MR) is 69.3 cm³/mol. The molecule has 1 aromatic carbocycles. The van der Waals surface area contributed by atoms with Crippen LogP contribution in [0.3, 0.4) is 0 Å². The highest BCUT2D eigenvalue weighted by atomic mass is 35.5. The van der Waals surface area contributed by atoms with Crippen molar-refractivity contribution in [2.24, 2.45) is 0 Å². The third-order valence-corrected chi connectivity index (χ3v) is 3.65. The number of amides is 1. The zero-order valence-electron chi connectivity index (χ0n) is 10.3. The second-order valence-electron chi connectivity index (χ2n) is 4.67. The molecule has 0 spiro atoms. The first-order chi connectivity index (χ1) is 8.90. The second-order valence-corrected chi connectivity index (χ2v) is 5.07. The number of benzene rings is 1. The third-order valence-electron chi connectivity index (χ3n) is 3.23. The summed E-state index contributed by atoms with van der Waals surface area (Å²) in [5, 5.41) is 19.2. The Morgan fingerprint density at radius 3 is 2.68 bits per heavy atom. The maximum absolute atomic E-state index is 12.3. The van der Waals surface area contributed by atoms with Crippen molar-refractivity contribution in [1.82, 2.24) is 4.90 Å². The maximum atomic E-state index is 12.3. The number of aliphatic hydroxyl groups excluding tert-OH is 1. The number of hydrogen-bond acceptors (Lipinski definition) is 3. The zero-order valence-corrected chi connectivity index (χ0v) is 11.1. The molecule has 0 saturated carbocycles. The SMILES string of the molecule is Cc1cc(C(=O)N2CC(O)CC2C(=O)O)ccc1Cl. The molecule has 0 aromatic heterocycles. The van der Waals surface area contributed by atoms with Crippen LogP contribution in [0.25, 0.3) is 0 Å². The summed E-state index contributed by atoms with van der Waals surface area (Å²) < 4.78 is 0. The minimum absolute atomic E-state index is 0.0392. The van der Waals surface area contributed by atoms with Crippen LogP contribution in [0.1, 0.15) is 22.3 Å². The molecule has 0 bridgehead atoms. The summed E-state index contributed by atoms with van der Waals surface area (Å²) in [6.07, 6.45) is -0.730. The normalized spacial score (nSPS) is 22.6. The number of rotatable bonds is 2. The van der Waals surface area contributed by atoms with E-state index in [1.165, 1.54) is 4.90 Å². The standard InChI is InChI=1S/C13H14ClNO4/c1-7-4-8(2-3-10(7)14)12(17)15-6-9(16)5-11(15)13(18)19/h2-4,9,11,16H,5-6H2,1H3,(H,18,19). The van der Waals surface area contributed by atoms with E-state index in [-0.39, 0.29) is 13.0 Å². The number of aliphatic carboxylic acids is 1. The minimum Gasteiger partial charge on any atom is -0.480 e. The largest absolute Gasteiger partial charge is 0.480 e. The number of halogens is 1. The molecule has 1 amide bonds. The lowest BCUT2D eigenvalue weighted by Crippen LogP contribution is -2.40. The summed E-state index contributed by atoms with van der Waals surface area (Å²) in [7, 11) is 0. The van der Waals surface area contributed by atoms with Crippen LogP contribution in [0.2, 0.25) is 5.02 Å². The third kappa shape index (κ3) is 2.72. The number of aryl methyl sites for hydroxylation is 1.